The molecule has 0 spiro atoms. The molecule has 0 aliphatic carbocycles. The van der Waals surface area contributed by atoms with E-state index in [0.717, 1.165) is 45.1 Å². The Bertz CT molecular complexity index is 355. The van der Waals surface area contributed by atoms with Gasteiger partial charge < -0.3 is 5.32 Å². The van der Waals surface area contributed by atoms with Crippen LogP contribution in [0.25, 0.3) is 0 Å². The first-order valence-corrected chi connectivity index (χ1v) is 7.16. The van der Waals surface area contributed by atoms with Crippen LogP contribution >= 0.6 is 0 Å². The number of nitrogens with one attached hydrogen (secondary N) is 1. The summed E-state index contributed by atoms with van der Waals surface area (Å²) in [5, 5.41) is 3.27. The third-order valence-corrected chi connectivity index (χ3v) is 3.68. The Morgan fingerprint density at radius 3 is 2.72 bits per heavy atom. The number of ketones is 1. The van der Waals surface area contributed by atoms with Gasteiger partial charge in [0.25, 0.3) is 0 Å². The molecule has 1 aromatic carbocycles. The van der Waals surface area contributed by atoms with Gasteiger partial charge >= 0.3 is 0 Å². The molecule has 0 amide bonds. The van der Waals surface area contributed by atoms with Crippen LogP contribution < -0.4 is 5.32 Å². The molecule has 1 heterocycles. The molecule has 2 rings (SSSR count). The predicted octanol–water partition coefficient (Wildman–Crippen LogP) is 3.11. The lowest BCUT2D eigenvalue weighted by atomic mass is 10.0. The van der Waals surface area contributed by atoms with Gasteiger partial charge in [-0.05, 0) is 44.2 Å². The number of rotatable bonds is 7. The Morgan fingerprint density at radius 2 is 2.00 bits per heavy atom. The molecular weight excluding hydrogens is 222 g/mol. The molecule has 1 aliphatic rings. The Balaban J connectivity index is 1.54. The maximum absolute atomic E-state index is 11.8. The topological polar surface area (TPSA) is 29.1 Å². The molecule has 0 radical (unpaired) electrons. The molecule has 2 nitrogen and oxygen atoms in total. The van der Waals surface area contributed by atoms with Crippen molar-refractivity contribution in [3.05, 3.63) is 35.9 Å². The lowest BCUT2D eigenvalue weighted by Crippen LogP contribution is -2.30. The van der Waals surface area contributed by atoms with Crippen LogP contribution in [0, 0.1) is 0 Å². The van der Waals surface area contributed by atoms with Gasteiger partial charge in [-0.3, -0.25) is 4.79 Å². The SMILES string of the molecule is O=C(CCCCCc1ccccc1)[C@@H]1CCCN1. The number of carbonyl (C=O) groups excluding carboxylic acids is 1. The number of unbranched alkanes of at least 4 members (excludes halogenated alkanes) is 2. The van der Waals surface area contributed by atoms with E-state index in [1.807, 2.05) is 0 Å². The summed E-state index contributed by atoms with van der Waals surface area (Å²) in [5.41, 5.74) is 1.40. The zero-order chi connectivity index (χ0) is 12.6. The summed E-state index contributed by atoms with van der Waals surface area (Å²) < 4.78 is 0. The van der Waals surface area contributed by atoms with E-state index < -0.39 is 0 Å². The van der Waals surface area contributed by atoms with Gasteiger partial charge in [0.05, 0.1) is 6.04 Å². The van der Waals surface area contributed by atoms with Crippen LogP contribution in [0.2, 0.25) is 0 Å². The van der Waals surface area contributed by atoms with E-state index in [0.29, 0.717) is 5.78 Å². The minimum Gasteiger partial charge on any atom is -0.307 e. The van der Waals surface area contributed by atoms with Crippen LogP contribution in [0.1, 0.15) is 44.1 Å². The predicted molar refractivity (Wildman–Crippen MR) is 74.6 cm³/mol. The maximum atomic E-state index is 11.8. The fourth-order valence-corrected chi connectivity index (χ4v) is 2.58. The van der Waals surface area contributed by atoms with E-state index in [4.69, 9.17) is 0 Å². The highest BCUT2D eigenvalue weighted by atomic mass is 16.1. The fourth-order valence-electron chi connectivity index (χ4n) is 2.58. The van der Waals surface area contributed by atoms with Crippen molar-refractivity contribution in [2.75, 3.05) is 6.54 Å². The van der Waals surface area contributed by atoms with Crippen molar-refractivity contribution in [3.63, 3.8) is 0 Å². The zero-order valence-electron chi connectivity index (χ0n) is 11.0. The summed E-state index contributed by atoms with van der Waals surface area (Å²) in [7, 11) is 0. The molecule has 18 heavy (non-hydrogen) atoms. The normalized spacial score (nSPS) is 19.0. The van der Waals surface area contributed by atoms with Gasteiger partial charge in [-0.2, -0.15) is 0 Å². The summed E-state index contributed by atoms with van der Waals surface area (Å²) in [4.78, 5) is 11.8. The van der Waals surface area contributed by atoms with Crippen LogP contribution in [-0.4, -0.2) is 18.4 Å². The lowest BCUT2D eigenvalue weighted by molar-refractivity contribution is -0.120. The summed E-state index contributed by atoms with van der Waals surface area (Å²) in [5.74, 6) is 0.423. The van der Waals surface area contributed by atoms with Crippen molar-refractivity contribution in [1.29, 1.82) is 0 Å². The quantitative estimate of drug-likeness (QED) is 0.748. The number of carbonyl (C=O) groups is 1. The summed E-state index contributed by atoms with van der Waals surface area (Å²) >= 11 is 0. The highest BCUT2D eigenvalue weighted by Gasteiger charge is 2.20. The van der Waals surface area contributed by atoms with E-state index >= 15 is 0 Å². The standard InChI is InChI=1S/C16H23NO/c18-16(15-11-7-13-17-15)12-6-2-5-10-14-8-3-1-4-9-14/h1,3-4,8-9,15,17H,2,5-7,10-13H2/t15-/m0/s1. The lowest BCUT2D eigenvalue weighted by Gasteiger charge is -2.08. The average Bonchev–Trinajstić information content (AvgIpc) is 2.93. The van der Waals surface area contributed by atoms with Crippen molar-refractivity contribution in [2.24, 2.45) is 0 Å². The molecule has 1 fully saturated rings. The first-order valence-electron chi connectivity index (χ1n) is 7.16. The van der Waals surface area contributed by atoms with Crippen molar-refractivity contribution < 1.29 is 4.79 Å². The number of benzene rings is 1. The van der Waals surface area contributed by atoms with Crippen molar-refractivity contribution in [3.8, 4) is 0 Å². The van der Waals surface area contributed by atoms with E-state index in [9.17, 15) is 4.79 Å². The second-order valence-corrected chi connectivity index (χ2v) is 5.16. The third kappa shape index (κ3) is 4.26. The van der Waals surface area contributed by atoms with E-state index in [-0.39, 0.29) is 6.04 Å². The molecule has 98 valence electrons. The smallest absolute Gasteiger partial charge is 0.149 e. The van der Waals surface area contributed by atoms with Crippen LogP contribution in [0.15, 0.2) is 30.3 Å². The van der Waals surface area contributed by atoms with Gasteiger partial charge in [-0.15, -0.1) is 0 Å². The first kappa shape index (κ1) is 13.3. The van der Waals surface area contributed by atoms with Gasteiger partial charge in [-0.25, -0.2) is 0 Å². The maximum Gasteiger partial charge on any atom is 0.149 e. The Kier molecular flexibility index (Phi) is 5.40. The van der Waals surface area contributed by atoms with Crippen molar-refractivity contribution >= 4 is 5.78 Å². The highest BCUT2D eigenvalue weighted by Crippen LogP contribution is 2.12. The monoisotopic (exact) mass is 245 g/mol. The van der Waals surface area contributed by atoms with Gasteiger partial charge in [0.1, 0.15) is 5.78 Å². The van der Waals surface area contributed by atoms with E-state index in [1.165, 1.54) is 12.0 Å². The fraction of sp³-hybridized carbons (Fsp3) is 0.562. The third-order valence-electron chi connectivity index (χ3n) is 3.68. The first-order chi connectivity index (χ1) is 8.86. The van der Waals surface area contributed by atoms with Crippen LogP contribution in [0.5, 0.6) is 0 Å². The van der Waals surface area contributed by atoms with E-state index in [1.54, 1.807) is 0 Å². The molecule has 1 atom stereocenters. The van der Waals surface area contributed by atoms with Gasteiger partial charge in [0.15, 0.2) is 0 Å². The molecule has 0 bridgehead atoms. The number of Topliss-reactive ketones (excluding diaryl/α,β-unsaturated/α-hetero) is 1. The number of hydrogen-bond donors (Lipinski definition) is 1. The number of aryl methyl sites for hydroxylation is 1. The molecule has 0 aromatic heterocycles. The summed E-state index contributed by atoms with van der Waals surface area (Å²) in [6.45, 7) is 1.02. The minimum atomic E-state index is 0.166. The molecule has 0 unspecified atom stereocenters. The van der Waals surface area contributed by atoms with Crippen LogP contribution in [-0.2, 0) is 11.2 Å². The molecule has 0 saturated carbocycles. The minimum absolute atomic E-state index is 0.166. The second kappa shape index (κ2) is 7.32. The Morgan fingerprint density at radius 1 is 1.17 bits per heavy atom. The summed E-state index contributed by atoms with van der Waals surface area (Å²) in [6.07, 6.45) is 7.49. The molecule has 1 N–H and O–H groups in total. The average molecular weight is 245 g/mol. The van der Waals surface area contributed by atoms with Crippen LogP contribution in [0.3, 0.4) is 0 Å². The molecular formula is C16H23NO. The van der Waals surface area contributed by atoms with Crippen molar-refractivity contribution in [1.82, 2.24) is 5.32 Å². The Labute approximate surface area is 110 Å². The molecule has 1 aliphatic heterocycles. The molecule has 1 saturated heterocycles. The van der Waals surface area contributed by atoms with Crippen LogP contribution in [0.4, 0.5) is 0 Å². The van der Waals surface area contributed by atoms with Gasteiger partial charge in [-0.1, -0.05) is 36.8 Å². The zero-order valence-corrected chi connectivity index (χ0v) is 11.0. The highest BCUT2D eigenvalue weighted by molar-refractivity contribution is 5.84. The van der Waals surface area contributed by atoms with Gasteiger partial charge in [0, 0.05) is 6.42 Å². The molecule has 1 aromatic rings. The van der Waals surface area contributed by atoms with E-state index in [2.05, 4.69) is 35.6 Å². The van der Waals surface area contributed by atoms with Crippen molar-refractivity contribution in [2.45, 2.75) is 51.0 Å². The summed E-state index contributed by atoms with van der Waals surface area (Å²) in [6, 6.07) is 10.7. The molecule has 2 heteroatoms. The number of hydrogen-bond acceptors (Lipinski definition) is 2. The second-order valence-electron chi connectivity index (χ2n) is 5.16. The largest absolute Gasteiger partial charge is 0.307 e. The van der Waals surface area contributed by atoms with Gasteiger partial charge in [0.2, 0.25) is 0 Å². The Hall–Kier alpha value is -1.15.